The summed E-state index contributed by atoms with van der Waals surface area (Å²) in [5.41, 5.74) is 2.65. The molecule has 0 aliphatic heterocycles. The van der Waals surface area contributed by atoms with E-state index >= 15 is 0 Å². The average Bonchev–Trinajstić information content (AvgIpc) is 2.78. The molecule has 3 aromatic carbocycles. The molecule has 30 heavy (non-hydrogen) atoms. The van der Waals surface area contributed by atoms with Crippen LogP contribution >= 0.6 is 0 Å². The van der Waals surface area contributed by atoms with Crippen molar-refractivity contribution in [3.05, 3.63) is 84.4 Å². The van der Waals surface area contributed by atoms with Crippen LogP contribution in [0.3, 0.4) is 0 Å². The SMILES string of the molecule is CCCCOc1cccc(NC(=O)CNc2cccc(OCc3ccccc3)c2)c1. The Kier molecular flexibility index (Phi) is 8.15. The van der Waals surface area contributed by atoms with Gasteiger partial charge in [0.05, 0.1) is 13.2 Å². The molecule has 0 saturated heterocycles. The summed E-state index contributed by atoms with van der Waals surface area (Å²) in [7, 11) is 0. The molecule has 0 atom stereocenters. The maximum atomic E-state index is 12.3. The zero-order valence-corrected chi connectivity index (χ0v) is 17.3. The Balaban J connectivity index is 1.47. The molecule has 0 heterocycles. The van der Waals surface area contributed by atoms with E-state index in [1.165, 1.54) is 0 Å². The second kappa shape index (κ2) is 11.5. The highest BCUT2D eigenvalue weighted by atomic mass is 16.5. The van der Waals surface area contributed by atoms with Gasteiger partial charge in [0.15, 0.2) is 0 Å². The van der Waals surface area contributed by atoms with Crippen LogP contribution in [0.25, 0.3) is 0 Å². The van der Waals surface area contributed by atoms with E-state index < -0.39 is 0 Å². The molecule has 5 nitrogen and oxygen atoms in total. The highest BCUT2D eigenvalue weighted by Gasteiger charge is 2.05. The molecular formula is C25H28N2O3. The molecule has 3 rings (SSSR count). The number of anilines is 2. The van der Waals surface area contributed by atoms with Crippen molar-refractivity contribution < 1.29 is 14.3 Å². The van der Waals surface area contributed by atoms with Gasteiger partial charge in [-0.05, 0) is 36.2 Å². The Morgan fingerprint density at radius 3 is 2.30 bits per heavy atom. The summed E-state index contributed by atoms with van der Waals surface area (Å²) in [4.78, 5) is 12.3. The molecule has 0 spiro atoms. The molecule has 5 heteroatoms. The zero-order chi connectivity index (χ0) is 21.0. The number of ether oxygens (including phenoxy) is 2. The molecule has 156 valence electrons. The number of carbonyl (C=O) groups excluding carboxylic acids is 1. The predicted octanol–water partition coefficient (Wildman–Crippen LogP) is 5.50. The minimum absolute atomic E-state index is 0.128. The van der Waals surface area contributed by atoms with Crippen LogP contribution in [0.1, 0.15) is 25.3 Å². The third-order valence-corrected chi connectivity index (χ3v) is 4.42. The van der Waals surface area contributed by atoms with Crippen molar-refractivity contribution in [3.63, 3.8) is 0 Å². The summed E-state index contributed by atoms with van der Waals surface area (Å²) in [5.74, 6) is 1.38. The van der Waals surface area contributed by atoms with Gasteiger partial charge in [0.2, 0.25) is 5.91 Å². The van der Waals surface area contributed by atoms with Crippen LogP contribution in [-0.4, -0.2) is 19.1 Å². The lowest BCUT2D eigenvalue weighted by Crippen LogP contribution is -2.21. The van der Waals surface area contributed by atoms with E-state index in [1.54, 1.807) is 0 Å². The van der Waals surface area contributed by atoms with Crippen LogP contribution in [-0.2, 0) is 11.4 Å². The number of nitrogens with one attached hydrogen (secondary N) is 2. The Hall–Kier alpha value is -3.47. The lowest BCUT2D eigenvalue weighted by molar-refractivity contribution is -0.114. The highest BCUT2D eigenvalue weighted by Crippen LogP contribution is 2.20. The quantitative estimate of drug-likeness (QED) is 0.415. The third-order valence-electron chi connectivity index (χ3n) is 4.42. The van der Waals surface area contributed by atoms with Crippen molar-refractivity contribution in [2.75, 3.05) is 23.8 Å². The normalized spacial score (nSPS) is 10.3. The number of benzene rings is 3. The first-order valence-corrected chi connectivity index (χ1v) is 10.3. The van der Waals surface area contributed by atoms with Gasteiger partial charge in [0.25, 0.3) is 0 Å². The topological polar surface area (TPSA) is 59.6 Å². The van der Waals surface area contributed by atoms with Gasteiger partial charge >= 0.3 is 0 Å². The van der Waals surface area contributed by atoms with Gasteiger partial charge in [-0.25, -0.2) is 0 Å². The van der Waals surface area contributed by atoms with Gasteiger partial charge < -0.3 is 20.1 Å². The van der Waals surface area contributed by atoms with Crippen molar-refractivity contribution in [2.24, 2.45) is 0 Å². The number of amides is 1. The fourth-order valence-electron chi connectivity index (χ4n) is 2.82. The molecule has 0 aliphatic rings. The minimum atomic E-state index is -0.128. The molecule has 0 fully saturated rings. The molecule has 3 aromatic rings. The van der Waals surface area contributed by atoms with E-state index in [-0.39, 0.29) is 12.5 Å². The molecular weight excluding hydrogens is 376 g/mol. The van der Waals surface area contributed by atoms with Gasteiger partial charge in [-0.15, -0.1) is 0 Å². The molecule has 0 saturated carbocycles. The van der Waals surface area contributed by atoms with Gasteiger partial charge in [-0.1, -0.05) is 55.8 Å². The van der Waals surface area contributed by atoms with E-state index in [0.29, 0.717) is 13.2 Å². The van der Waals surface area contributed by atoms with Crippen LogP contribution < -0.4 is 20.1 Å². The second-order valence-electron chi connectivity index (χ2n) is 6.93. The molecule has 1 amide bonds. The maximum Gasteiger partial charge on any atom is 0.243 e. The number of rotatable bonds is 11. The number of hydrogen-bond donors (Lipinski definition) is 2. The van der Waals surface area contributed by atoms with E-state index in [4.69, 9.17) is 9.47 Å². The molecule has 0 aliphatic carbocycles. The van der Waals surface area contributed by atoms with Crippen LogP contribution in [0.15, 0.2) is 78.9 Å². The van der Waals surface area contributed by atoms with E-state index in [1.807, 2.05) is 78.9 Å². The molecule has 0 aromatic heterocycles. The fraction of sp³-hybridized carbons (Fsp3) is 0.240. The predicted molar refractivity (Wildman–Crippen MR) is 121 cm³/mol. The molecule has 2 N–H and O–H groups in total. The molecule has 0 unspecified atom stereocenters. The van der Waals surface area contributed by atoms with Gasteiger partial charge in [-0.3, -0.25) is 4.79 Å². The lowest BCUT2D eigenvalue weighted by Gasteiger charge is -2.11. The summed E-state index contributed by atoms with van der Waals surface area (Å²) in [6, 6.07) is 25.1. The summed E-state index contributed by atoms with van der Waals surface area (Å²) >= 11 is 0. The van der Waals surface area contributed by atoms with Crippen molar-refractivity contribution in [1.29, 1.82) is 0 Å². The fourth-order valence-corrected chi connectivity index (χ4v) is 2.82. The van der Waals surface area contributed by atoms with Gasteiger partial charge in [0, 0.05) is 23.5 Å². The molecule has 0 radical (unpaired) electrons. The Morgan fingerprint density at radius 2 is 1.53 bits per heavy atom. The van der Waals surface area contributed by atoms with Crippen LogP contribution in [0, 0.1) is 0 Å². The van der Waals surface area contributed by atoms with Crippen molar-refractivity contribution in [2.45, 2.75) is 26.4 Å². The number of hydrogen-bond acceptors (Lipinski definition) is 4. The first kappa shape index (κ1) is 21.2. The minimum Gasteiger partial charge on any atom is -0.494 e. The summed E-state index contributed by atoms with van der Waals surface area (Å²) in [5, 5.41) is 6.03. The average molecular weight is 405 g/mol. The van der Waals surface area contributed by atoms with Crippen molar-refractivity contribution in [3.8, 4) is 11.5 Å². The Labute approximate surface area is 178 Å². The van der Waals surface area contributed by atoms with Crippen LogP contribution in [0.2, 0.25) is 0 Å². The molecule has 0 bridgehead atoms. The maximum absolute atomic E-state index is 12.3. The lowest BCUT2D eigenvalue weighted by atomic mass is 10.2. The Morgan fingerprint density at radius 1 is 0.833 bits per heavy atom. The van der Waals surface area contributed by atoms with E-state index in [9.17, 15) is 4.79 Å². The van der Waals surface area contributed by atoms with E-state index in [0.717, 1.165) is 41.3 Å². The first-order valence-electron chi connectivity index (χ1n) is 10.3. The number of unbranched alkanes of at least 4 members (excludes halogenated alkanes) is 1. The summed E-state index contributed by atoms with van der Waals surface area (Å²) in [6.45, 7) is 3.46. The summed E-state index contributed by atoms with van der Waals surface area (Å²) < 4.78 is 11.5. The van der Waals surface area contributed by atoms with Crippen molar-refractivity contribution >= 4 is 17.3 Å². The Bertz CT molecular complexity index is 928. The smallest absolute Gasteiger partial charge is 0.243 e. The van der Waals surface area contributed by atoms with Crippen molar-refractivity contribution in [1.82, 2.24) is 0 Å². The third kappa shape index (κ3) is 7.17. The zero-order valence-electron chi connectivity index (χ0n) is 17.3. The van der Waals surface area contributed by atoms with Gasteiger partial charge in [-0.2, -0.15) is 0 Å². The van der Waals surface area contributed by atoms with Crippen LogP contribution in [0.4, 0.5) is 11.4 Å². The highest BCUT2D eigenvalue weighted by molar-refractivity contribution is 5.93. The largest absolute Gasteiger partial charge is 0.494 e. The van der Waals surface area contributed by atoms with Crippen LogP contribution in [0.5, 0.6) is 11.5 Å². The number of carbonyl (C=O) groups is 1. The van der Waals surface area contributed by atoms with E-state index in [2.05, 4.69) is 17.6 Å². The second-order valence-corrected chi connectivity index (χ2v) is 6.93. The van der Waals surface area contributed by atoms with Gasteiger partial charge in [0.1, 0.15) is 18.1 Å². The monoisotopic (exact) mass is 404 g/mol. The first-order chi connectivity index (χ1) is 14.7. The summed E-state index contributed by atoms with van der Waals surface area (Å²) in [6.07, 6.45) is 2.09. The standard InChI is InChI=1S/C25H28N2O3/c1-2-3-15-29-23-13-8-12-22(17-23)27-25(28)18-26-21-11-7-14-24(16-21)30-19-20-9-5-4-6-10-20/h4-14,16-17,26H,2-3,15,18-19H2,1H3,(H,27,28).